The van der Waals surface area contributed by atoms with Crippen LogP contribution in [0.15, 0.2) is 23.5 Å². The van der Waals surface area contributed by atoms with Gasteiger partial charge in [0.25, 0.3) is 0 Å². The van der Waals surface area contributed by atoms with Crippen LogP contribution in [-0.2, 0) is 0 Å². The molecule has 0 amide bonds. The summed E-state index contributed by atoms with van der Waals surface area (Å²) in [5, 5.41) is 7.19. The van der Waals surface area contributed by atoms with Gasteiger partial charge in [0, 0.05) is 35.3 Å². The zero-order chi connectivity index (χ0) is 9.87. The Hall–Kier alpha value is -0.190. The number of halogens is 1. The molecule has 0 saturated heterocycles. The van der Waals surface area contributed by atoms with Crippen LogP contribution in [0.3, 0.4) is 0 Å². The van der Waals surface area contributed by atoms with E-state index < -0.39 is 0 Å². The van der Waals surface area contributed by atoms with E-state index in [1.807, 2.05) is 0 Å². The SMILES string of the molecule is CC1=CC2C(N1)C(I)C1NC(C)=C[C@H]21. The first-order valence-corrected chi connectivity index (χ1v) is 6.45. The largest absolute Gasteiger partial charge is 0.384 e. The van der Waals surface area contributed by atoms with Crippen LogP contribution in [0, 0.1) is 11.8 Å². The molecule has 76 valence electrons. The Labute approximate surface area is 98.4 Å². The second kappa shape index (κ2) is 2.90. The average molecular weight is 302 g/mol. The third-order valence-corrected chi connectivity index (χ3v) is 5.18. The maximum atomic E-state index is 3.59. The van der Waals surface area contributed by atoms with Gasteiger partial charge in [0.2, 0.25) is 0 Å². The summed E-state index contributed by atoms with van der Waals surface area (Å²) in [7, 11) is 0. The zero-order valence-corrected chi connectivity index (χ0v) is 10.6. The molecule has 3 heteroatoms. The maximum absolute atomic E-state index is 3.59. The number of nitrogens with one attached hydrogen (secondary N) is 2. The fourth-order valence-electron chi connectivity index (χ4n) is 3.11. The second-order valence-electron chi connectivity index (χ2n) is 4.64. The van der Waals surface area contributed by atoms with Crippen LogP contribution in [0.25, 0.3) is 0 Å². The van der Waals surface area contributed by atoms with E-state index in [2.05, 4.69) is 59.2 Å². The predicted molar refractivity (Wildman–Crippen MR) is 66.1 cm³/mol. The molecule has 1 saturated carbocycles. The molecule has 4 unspecified atom stereocenters. The molecule has 5 atom stereocenters. The van der Waals surface area contributed by atoms with Crippen LogP contribution in [-0.4, -0.2) is 16.0 Å². The highest BCUT2D eigenvalue weighted by atomic mass is 127. The van der Waals surface area contributed by atoms with Crippen molar-refractivity contribution in [1.29, 1.82) is 0 Å². The molecule has 2 nitrogen and oxygen atoms in total. The van der Waals surface area contributed by atoms with E-state index in [1.54, 1.807) is 0 Å². The third-order valence-electron chi connectivity index (χ3n) is 3.63. The molecule has 0 aromatic rings. The monoisotopic (exact) mass is 302 g/mol. The first-order chi connectivity index (χ1) is 6.66. The van der Waals surface area contributed by atoms with Gasteiger partial charge in [-0.25, -0.2) is 0 Å². The van der Waals surface area contributed by atoms with Crippen LogP contribution in [0.2, 0.25) is 0 Å². The summed E-state index contributed by atoms with van der Waals surface area (Å²) < 4.78 is 0.699. The van der Waals surface area contributed by atoms with Crippen molar-refractivity contribution >= 4 is 22.6 Å². The maximum Gasteiger partial charge on any atom is 0.0524 e. The van der Waals surface area contributed by atoms with E-state index in [1.165, 1.54) is 11.4 Å². The van der Waals surface area contributed by atoms with Gasteiger partial charge in [0.15, 0.2) is 0 Å². The Morgan fingerprint density at radius 3 is 1.86 bits per heavy atom. The van der Waals surface area contributed by atoms with Crippen molar-refractivity contribution in [2.45, 2.75) is 29.9 Å². The van der Waals surface area contributed by atoms with E-state index in [0.29, 0.717) is 27.8 Å². The second-order valence-corrected chi connectivity index (χ2v) is 6.08. The molecular formula is C11H15IN2. The number of hydrogen-bond donors (Lipinski definition) is 2. The quantitative estimate of drug-likeness (QED) is 0.526. The van der Waals surface area contributed by atoms with Gasteiger partial charge in [-0.15, -0.1) is 0 Å². The van der Waals surface area contributed by atoms with Gasteiger partial charge < -0.3 is 10.6 Å². The zero-order valence-electron chi connectivity index (χ0n) is 8.42. The number of fused-ring (bicyclic) bond motifs is 3. The van der Waals surface area contributed by atoms with E-state index in [0.717, 1.165) is 0 Å². The fraction of sp³-hybridized carbons (Fsp3) is 0.636. The lowest BCUT2D eigenvalue weighted by Crippen LogP contribution is -2.39. The van der Waals surface area contributed by atoms with Crippen molar-refractivity contribution in [3.05, 3.63) is 23.5 Å². The molecule has 2 heterocycles. The van der Waals surface area contributed by atoms with Crippen molar-refractivity contribution in [1.82, 2.24) is 10.6 Å². The number of allylic oxidation sites excluding steroid dienone is 2. The normalized spacial score (nSPS) is 48.9. The molecule has 3 aliphatic rings. The molecule has 1 aliphatic carbocycles. The highest BCUT2D eigenvalue weighted by Crippen LogP contribution is 2.45. The molecule has 14 heavy (non-hydrogen) atoms. The van der Waals surface area contributed by atoms with Crippen LogP contribution in [0.5, 0.6) is 0 Å². The highest BCUT2D eigenvalue weighted by molar-refractivity contribution is 14.1. The van der Waals surface area contributed by atoms with Crippen molar-refractivity contribution in [3.63, 3.8) is 0 Å². The molecule has 0 aromatic heterocycles. The molecule has 2 aliphatic heterocycles. The minimum atomic E-state index is 0.655. The third kappa shape index (κ3) is 1.08. The molecule has 0 aromatic carbocycles. The topological polar surface area (TPSA) is 24.1 Å². The summed E-state index contributed by atoms with van der Waals surface area (Å²) in [5.41, 5.74) is 2.72. The molecule has 0 spiro atoms. The molecular weight excluding hydrogens is 287 g/mol. The summed E-state index contributed by atoms with van der Waals surface area (Å²) in [4.78, 5) is 0. The van der Waals surface area contributed by atoms with E-state index >= 15 is 0 Å². The summed E-state index contributed by atoms with van der Waals surface area (Å²) in [6, 6.07) is 1.31. The Kier molecular flexibility index (Phi) is 1.88. The average Bonchev–Trinajstić information content (AvgIpc) is 2.71. The smallest absolute Gasteiger partial charge is 0.0524 e. The molecule has 0 bridgehead atoms. The van der Waals surface area contributed by atoms with Crippen LogP contribution < -0.4 is 10.6 Å². The van der Waals surface area contributed by atoms with Gasteiger partial charge in [0.1, 0.15) is 0 Å². The van der Waals surface area contributed by atoms with E-state index in [-0.39, 0.29) is 0 Å². The Morgan fingerprint density at radius 1 is 1.00 bits per heavy atom. The fourth-order valence-corrected chi connectivity index (χ4v) is 4.43. The van der Waals surface area contributed by atoms with Gasteiger partial charge in [0.05, 0.1) is 3.92 Å². The lowest BCUT2D eigenvalue weighted by atomic mass is 9.94. The standard InChI is InChI=1S/C11H15IN2/c1-5-3-7-8-4-6(2)14-11(8)9(12)10(7)13-5/h3-4,7-11,13-14H,1-2H3/t7-,8?,9?,10?,11?/m1/s1. The van der Waals surface area contributed by atoms with Gasteiger partial charge >= 0.3 is 0 Å². The van der Waals surface area contributed by atoms with Gasteiger partial charge in [-0.2, -0.15) is 0 Å². The van der Waals surface area contributed by atoms with Crippen molar-refractivity contribution < 1.29 is 0 Å². The Morgan fingerprint density at radius 2 is 1.43 bits per heavy atom. The summed E-state index contributed by atoms with van der Waals surface area (Å²) >= 11 is 2.59. The number of rotatable bonds is 0. The van der Waals surface area contributed by atoms with Gasteiger partial charge in [-0.05, 0) is 13.8 Å². The minimum Gasteiger partial charge on any atom is -0.384 e. The highest BCUT2D eigenvalue weighted by Gasteiger charge is 2.51. The van der Waals surface area contributed by atoms with Crippen LogP contribution in [0.4, 0.5) is 0 Å². The lowest BCUT2D eigenvalue weighted by Gasteiger charge is -2.20. The van der Waals surface area contributed by atoms with Crippen LogP contribution in [0.1, 0.15) is 13.8 Å². The summed E-state index contributed by atoms with van der Waals surface area (Å²) in [5.74, 6) is 1.43. The van der Waals surface area contributed by atoms with Crippen molar-refractivity contribution in [2.24, 2.45) is 11.8 Å². The Balaban J connectivity index is 1.95. The van der Waals surface area contributed by atoms with E-state index in [9.17, 15) is 0 Å². The van der Waals surface area contributed by atoms with Crippen molar-refractivity contribution in [3.8, 4) is 0 Å². The van der Waals surface area contributed by atoms with E-state index in [4.69, 9.17) is 0 Å². The molecule has 0 radical (unpaired) electrons. The molecule has 3 rings (SSSR count). The summed E-state index contributed by atoms with van der Waals surface area (Å²) in [6.07, 6.45) is 4.83. The lowest BCUT2D eigenvalue weighted by molar-refractivity contribution is 0.488. The Bertz CT molecular complexity index is 302. The first-order valence-electron chi connectivity index (χ1n) is 5.21. The number of hydrogen-bond acceptors (Lipinski definition) is 2. The van der Waals surface area contributed by atoms with Gasteiger partial charge in [-0.1, -0.05) is 34.7 Å². The summed E-state index contributed by atoms with van der Waals surface area (Å²) in [6.45, 7) is 4.35. The van der Waals surface area contributed by atoms with Crippen molar-refractivity contribution in [2.75, 3.05) is 0 Å². The van der Waals surface area contributed by atoms with Crippen LogP contribution >= 0.6 is 22.6 Å². The predicted octanol–water partition coefficient (Wildman–Crippen LogP) is 1.79. The molecule has 1 fully saturated rings. The number of alkyl halides is 1. The van der Waals surface area contributed by atoms with Gasteiger partial charge in [-0.3, -0.25) is 0 Å². The molecule has 2 N–H and O–H groups in total. The minimum absolute atomic E-state index is 0.655. The first kappa shape index (κ1) is 9.07.